The molecule has 0 saturated heterocycles. The van der Waals surface area contributed by atoms with E-state index in [1.54, 1.807) is 0 Å². The van der Waals surface area contributed by atoms with Crippen molar-refractivity contribution in [3.63, 3.8) is 0 Å². The molecule has 0 bridgehead atoms. The minimum absolute atomic E-state index is 0.0143. The molecule has 0 radical (unpaired) electrons. The number of unbranched alkanes of at least 4 members (excludes halogenated alkanes) is 8. The van der Waals surface area contributed by atoms with Gasteiger partial charge in [-0.05, 0) is 24.3 Å². The molecule has 0 aromatic heterocycles. The summed E-state index contributed by atoms with van der Waals surface area (Å²) in [5.74, 6) is 0. The van der Waals surface area contributed by atoms with E-state index in [0.717, 1.165) is 12.8 Å². The van der Waals surface area contributed by atoms with Crippen molar-refractivity contribution < 1.29 is 9.46 Å². The van der Waals surface area contributed by atoms with Crippen molar-refractivity contribution in [3.05, 3.63) is 0 Å². The molecule has 0 saturated carbocycles. The molecule has 2 nitrogen and oxygen atoms in total. The van der Waals surface area contributed by atoms with Crippen LogP contribution in [0.3, 0.4) is 0 Å². The first-order valence-electron chi connectivity index (χ1n) is 6.83. The Morgan fingerprint density at radius 1 is 0.938 bits per heavy atom. The lowest BCUT2D eigenvalue weighted by Crippen LogP contribution is -1.94. The SMILES string of the molecule is CCCCCCCCCCCC(C)[P+](=O)O. The standard InChI is InChI=1S/C13H27O2P/c1-3-4-5-6-7-8-9-10-11-12-13(2)16(14)15/h13H,3-12H2,1-2H3/p+1. The van der Waals surface area contributed by atoms with Crippen LogP contribution >= 0.6 is 8.03 Å². The van der Waals surface area contributed by atoms with Gasteiger partial charge in [-0.15, -0.1) is 0 Å². The van der Waals surface area contributed by atoms with Crippen molar-refractivity contribution >= 4 is 8.03 Å². The summed E-state index contributed by atoms with van der Waals surface area (Å²) in [7, 11) is -1.95. The van der Waals surface area contributed by atoms with Crippen LogP contribution in [0, 0.1) is 0 Å². The van der Waals surface area contributed by atoms with Gasteiger partial charge in [-0.3, -0.25) is 0 Å². The van der Waals surface area contributed by atoms with E-state index in [-0.39, 0.29) is 5.66 Å². The van der Waals surface area contributed by atoms with Gasteiger partial charge in [-0.2, -0.15) is 4.89 Å². The molecular weight excluding hydrogens is 219 g/mol. The Balaban J connectivity index is 3.07. The largest absolute Gasteiger partial charge is 0.508 e. The van der Waals surface area contributed by atoms with Gasteiger partial charge in [0.1, 0.15) is 0 Å². The Morgan fingerprint density at radius 3 is 1.81 bits per heavy atom. The van der Waals surface area contributed by atoms with E-state index in [9.17, 15) is 4.57 Å². The van der Waals surface area contributed by atoms with Crippen LogP contribution in [-0.4, -0.2) is 10.6 Å². The molecule has 0 aliphatic carbocycles. The van der Waals surface area contributed by atoms with Gasteiger partial charge in [0, 0.05) is 0 Å². The van der Waals surface area contributed by atoms with E-state index in [4.69, 9.17) is 4.89 Å². The zero-order valence-corrected chi connectivity index (χ0v) is 11.8. The van der Waals surface area contributed by atoms with Crippen LogP contribution in [0.1, 0.15) is 78.1 Å². The molecule has 16 heavy (non-hydrogen) atoms. The van der Waals surface area contributed by atoms with Crippen LogP contribution in [0.5, 0.6) is 0 Å². The second-order valence-electron chi connectivity index (χ2n) is 4.77. The third-order valence-corrected chi connectivity index (χ3v) is 4.11. The van der Waals surface area contributed by atoms with Crippen LogP contribution in [0.25, 0.3) is 0 Å². The highest BCUT2D eigenvalue weighted by atomic mass is 31.1. The van der Waals surface area contributed by atoms with Gasteiger partial charge in [0.2, 0.25) is 0 Å². The van der Waals surface area contributed by atoms with Crippen LogP contribution in [0.2, 0.25) is 0 Å². The first kappa shape index (κ1) is 16.1. The smallest absolute Gasteiger partial charge is 0.161 e. The van der Waals surface area contributed by atoms with Crippen LogP contribution in [0.15, 0.2) is 0 Å². The predicted octanol–water partition coefficient (Wildman–Crippen LogP) is 5.03. The van der Waals surface area contributed by atoms with Crippen molar-refractivity contribution in [1.29, 1.82) is 0 Å². The Labute approximate surface area is 102 Å². The summed E-state index contributed by atoms with van der Waals surface area (Å²) in [6.07, 6.45) is 12.7. The molecule has 0 amide bonds. The zero-order valence-electron chi connectivity index (χ0n) is 11.0. The summed E-state index contributed by atoms with van der Waals surface area (Å²) in [6.45, 7) is 4.11. The van der Waals surface area contributed by atoms with Crippen molar-refractivity contribution in [2.45, 2.75) is 83.7 Å². The van der Waals surface area contributed by atoms with Crippen LogP contribution < -0.4 is 0 Å². The van der Waals surface area contributed by atoms with E-state index in [0.29, 0.717) is 0 Å². The minimum atomic E-state index is -1.95. The summed E-state index contributed by atoms with van der Waals surface area (Å²) < 4.78 is 10.7. The Kier molecular flexibility index (Phi) is 11.6. The highest BCUT2D eigenvalue weighted by Crippen LogP contribution is 2.26. The predicted molar refractivity (Wildman–Crippen MR) is 71.1 cm³/mol. The maximum Gasteiger partial charge on any atom is 0.508 e. The van der Waals surface area contributed by atoms with Gasteiger partial charge >= 0.3 is 8.03 Å². The highest BCUT2D eigenvalue weighted by molar-refractivity contribution is 7.38. The molecule has 2 unspecified atom stereocenters. The van der Waals surface area contributed by atoms with Crippen LogP contribution in [-0.2, 0) is 4.57 Å². The second kappa shape index (κ2) is 11.5. The van der Waals surface area contributed by atoms with Crippen molar-refractivity contribution in [3.8, 4) is 0 Å². The van der Waals surface area contributed by atoms with Gasteiger partial charge < -0.3 is 0 Å². The fourth-order valence-corrected chi connectivity index (χ4v) is 2.26. The van der Waals surface area contributed by atoms with E-state index >= 15 is 0 Å². The second-order valence-corrected chi connectivity index (χ2v) is 6.26. The Hall–Kier alpha value is 0.0600. The maximum atomic E-state index is 10.7. The average molecular weight is 247 g/mol. The van der Waals surface area contributed by atoms with Crippen molar-refractivity contribution in [2.24, 2.45) is 0 Å². The molecular formula is C13H28O2P+. The van der Waals surface area contributed by atoms with Gasteiger partial charge in [0.25, 0.3) is 0 Å². The lowest BCUT2D eigenvalue weighted by molar-refractivity contribution is 0.481. The van der Waals surface area contributed by atoms with E-state index < -0.39 is 8.03 Å². The Morgan fingerprint density at radius 2 is 1.38 bits per heavy atom. The molecule has 96 valence electrons. The number of hydrogen-bond donors (Lipinski definition) is 1. The third kappa shape index (κ3) is 10.6. The number of hydrogen-bond acceptors (Lipinski definition) is 1. The molecule has 0 aromatic rings. The molecule has 1 N–H and O–H groups in total. The van der Waals surface area contributed by atoms with Gasteiger partial charge in [0.05, 0.1) is 0 Å². The summed E-state index contributed by atoms with van der Waals surface area (Å²) in [6, 6.07) is 0. The molecule has 0 aromatic carbocycles. The molecule has 0 heterocycles. The normalized spacial score (nSPS) is 13.8. The van der Waals surface area contributed by atoms with Gasteiger partial charge in [-0.1, -0.05) is 58.3 Å². The third-order valence-electron chi connectivity index (χ3n) is 3.10. The van der Waals surface area contributed by atoms with Gasteiger partial charge in [-0.25, -0.2) is 0 Å². The Bertz CT molecular complexity index is 171. The van der Waals surface area contributed by atoms with Gasteiger partial charge in [0.15, 0.2) is 5.66 Å². The summed E-state index contributed by atoms with van der Waals surface area (Å²) in [5.41, 5.74) is -0.0143. The average Bonchev–Trinajstić information content (AvgIpc) is 2.26. The maximum absolute atomic E-state index is 10.7. The van der Waals surface area contributed by atoms with Crippen LogP contribution in [0.4, 0.5) is 0 Å². The zero-order chi connectivity index (χ0) is 12.2. The molecule has 0 fully saturated rings. The summed E-state index contributed by atoms with van der Waals surface area (Å²) in [4.78, 5) is 8.85. The van der Waals surface area contributed by atoms with E-state index in [1.165, 1.54) is 51.4 Å². The molecule has 2 atom stereocenters. The minimum Gasteiger partial charge on any atom is -0.161 e. The lowest BCUT2D eigenvalue weighted by Gasteiger charge is -2.01. The topological polar surface area (TPSA) is 37.3 Å². The molecule has 0 rings (SSSR count). The van der Waals surface area contributed by atoms with Crippen molar-refractivity contribution in [1.82, 2.24) is 0 Å². The first-order chi connectivity index (χ1) is 7.68. The summed E-state index contributed by atoms with van der Waals surface area (Å²) >= 11 is 0. The molecule has 0 aliphatic rings. The summed E-state index contributed by atoms with van der Waals surface area (Å²) in [5, 5.41) is 0. The van der Waals surface area contributed by atoms with E-state index in [1.807, 2.05) is 6.92 Å². The quantitative estimate of drug-likeness (QED) is 0.410. The van der Waals surface area contributed by atoms with Crippen molar-refractivity contribution in [2.75, 3.05) is 0 Å². The first-order valence-corrected chi connectivity index (χ1v) is 8.12. The molecule has 3 heteroatoms. The monoisotopic (exact) mass is 247 g/mol. The lowest BCUT2D eigenvalue weighted by atomic mass is 10.1. The fourth-order valence-electron chi connectivity index (χ4n) is 1.86. The van der Waals surface area contributed by atoms with E-state index in [2.05, 4.69) is 6.92 Å². The fraction of sp³-hybridized carbons (Fsp3) is 1.00. The molecule has 0 aliphatic heterocycles. The number of rotatable bonds is 11. The molecule has 0 spiro atoms. The highest BCUT2D eigenvalue weighted by Gasteiger charge is 2.21.